The first-order valence-electron chi connectivity index (χ1n) is 2.17. The quantitative estimate of drug-likeness (QED) is 0.227. The molecular formula is C4H5ClI3O2V. The molecule has 0 aliphatic rings. The zero-order chi connectivity index (χ0) is 9.28. The number of hydrogen-bond donors (Lipinski definition) is 0. The van der Waals surface area contributed by atoms with E-state index in [4.69, 9.17) is 11.6 Å². The number of hydrogen-bond acceptors (Lipinski definition) is 2. The van der Waals surface area contributed by atoms with Crippen molar-refractivity contribution in [1.29, 1.82) is 0 Å². The van der Waals surface area contributed by atoms with Crippen LogP contribution in [0.25, 0.3) is 0 Å². The summed E-state index contributed by atoms with van der Waals surface area (Å²) in [5.74, 6) is 0. The molecule has 0 N–H and O–H groups in total. The van der Waals surface area contributed by atoms with Gasteiger partial charge < -0.3 is 4.74 Å². The van der Waals surface area contributed by atoms with Crippen molar-refractivity contribution in [1.82, 2.24) is 0 Å². The van der Waals surface area contributed by atoms with Crippen molar-refractivity contribution < 1.29 is 14.5 Å². The van der Waals surface area contributed by atoms with Crippen molar-refractivity contribution in [3.05, 3.63) is 12.3 Å². The minimum atomic E-state index is -0.526. The van der Waals surface area contributed by atoms with Gasteiger partial charge in [0.05, 0.1) is 13.4 Å². The van der Waals surface area contributed by atoms with Crippen molar-refractivity contribution in [2.24, 2.45) is 0 Å². The molecule has 0 spiro atoms. The number of rotatable bonds is 2. The van der Waals surface area contributed by atoms with Crippen LogP contribution < -0.4 is 0 Å². The van der Waals surface area contributed by atoms with E-state index in [2.05, 4.69) is 64.7 Å². The van der Waals surface area contributed by atoms with Crippen LogP contribution in [0.5, 0.6) is 0 Å². The molecular weight excluding hydrogens is 547 g/mol. The van der Waals surface area contributed by atoms with Crippen LogP contribution in [-0.2, 0) is 14.5 Å². The van der Waals surface area contributed by atoms with E-state index in [1.165, 1.54) is 13.4 Å². The van der Waals surface area contributed by atoms with Crippen LogP contribution in [0.1, 0.15) is 0 Å². The molecule has 0 rings (SSSR count). The number of methoxy groups -OCH3 is 1. The normalized spacial score (nSPS) is 9.27. The molecule has 0 aliphatic carbocycles. The van der Waals surface area contributed by atoms with Crippen LogP contribution in [-0.4, -0.2) is 12.4 Å². The van der Waals surface area contributed by atoms with Crippen molar-refractivity contribution in [2.45, 2.75) is 0 Å². The van der Waals surface area contributed by atoms with Gasteiger partial charge in [-0.2, -0.15) is 0 Å². The van der Waals surface area contributed by atoms with Crippen LogP contribution in [0.3, 0.4) is 0 Å². The Bertz CT molecular complexity index is 128. The van der Waals surface area contributed by atoms with Crippen LogP contribution in [0.2, 0.25) is 0 Å². The Hall–Kier alpha value is 2.27. The topological polar surface area (TPSA) is 26.3 Å². The molecule has 0 amide bonds. The first kappa shape index (κ1) is 15.7. The van der Waals surface area contributed by atoms with Crippen LogP contribution >= 0.6 is 71.5 Å². The SMILES string of the molecule is CO/C=C/C(=O)Cl.[I][V]([I])[I]. The number of halogens is 4. The second-order valence-electron chi connectivity index (χ2n) is 1.03. The maximum atomic E-state index is 9.80. The number of allylic oxidation sites excluding steroid dienone is 1. The van der Waals surface area contributed by atoms with Gasteiger partial charge in [-0.3, -0.25) is 4.79 Å². The van der Waals surface area contributed by atoms with E-state index in [9.17, 15) is 4.79 Å². The predicted octanol–water partition coefficient (Wildman–Crippen LogP) is 3.57. The van der Waals surface area contributed by atoms with Gasteiger partial charge in [-0.1, -0.05) is 0 Å². The zero-order valence-electron chi connectivity index (χ0n) is 5.43. The summed E-state index contributed by atoms with van der Waals surface area (Å²) in [6.07, 6.45) is 2.34. The van der Waals surface area contributed by atoms with Crippen molar-refractivity contribution >= 4 is 76.8 Å². The summed E-state index contributed by atoms with van der Waals surface area (Å²) in [5.41, 5.74) is 0. The summed E-state index contributed by atoms with van der Waals surface area (Å²) < 4.78 is 4.37. The first-order chi connectivity index (χ1) is 5.00. The third-order valence-electron chi connectivity index (χ3n) is 0.335. The number of carbonyl (C=O) groups excluding carboxylic acids is 1. The molecule has 0 fully saturated rings. The van der Waals surface area contributed by atoms with Gasteiger partial charge in [0.25, 0.3) is 0 Å². The van der Waals surface area contributed by atoms with E-state index >= 15 is 0 Å². The molecule has 0 saturated heterocycles. The molecule has 0 heterocycles. The molecule has 0 aromatic rings. The van der Waals surface area contributed by atoms with Gasteiger partial charge >= 0.3 is 64.9 Å². The van der Waals surface area contributed by atoms with Crippen molar-refractivity contribution in [3.8, 4) is 0 Å². The van der Waals surface area contributed by atoms with E-state index in [0.717, 1.165) is 6.08 Å². The second-order valence-corrected chi connectivity index (χ2v) is 36.8. The number of ether oxygens (including phenoxy) is 1. The summed E-state index contributed by atoms with van der Waals surface area (Å²) >= 11 is 12.2. The fourth-order valence-electron chi connectivity index (χ4n) is 0.122. The van der Waals surface area contributed by atoms with E-state index in [1.54, 1.807) is 0 Å². The van der Waals surface area contributed by atoms with Gasteiger partial charge in [-0.05, 0) is 11.6 Å². The average Bonchev–Trinajstić information content (AvgIpc) is 1.82. The Morgan fingerprint density at radius 3 is 2.00 bits per heavy atom. The Labute approximate surface area is 109 Å². The predicted molar refractivity (Wildman–Crippen MR) is 69.1 cm³/mol. The third kappa shape index (κ3) is 32.9. The molecule has 66 valence electrons. The van der Waals surface area contributed by atoms with E-state index in [1.807, 2.05) is 0 Å². The second kappa shape index (κ2) is 12.3. The molecule has 0 aliphatic heterocycles. The van der Waals surface area contributed by atoms with Gasteiger partial charge in [0.15, 0.2) is 0 Å². The Morgan fingerprint density at radius 1 is 1.55 bits per heavy atom. The van der Waals surface area contributed by atoms with Gasteiger partial charge in [-0.15, -0.1) is 0 Å². The van der Waals surface area contributed by atoms with Crippen LogP contribution in [0, 0.1) is 0 Å². The molecule has 7 heteroatoms. The number of carbonyl (C=O) groups is 1. The van der Waals surface area contributed by atoms with Crippen molar-refractivity contribution in [2.75, 3.05) is 7.11 Å². The van der Waals surface area contributed by atoms with Crippen LogP contribution in [0.4, 0.5) is 0 Å². The molecule has 11 heavy (non-hydrogen) atoms. The Kier molecular flexibility index (Phi) is 17.6. The molecule has 0 bridgehead atoms. The first-order valence-corrected chi connectivity index (χ1v) is 16.1. The maximum absolute atomic E-state index is 9.80. The summed E-state index contributed by atoms with van der Waals surface area (Å²) in [7, 11) is 1.44. The molecule has 0 radical (unpaired) electrons. The van der Waals surface area contributed by atoms with Crippen LogP contribution in [0.15, 0.2) is 12.3 Å². The molecule has 0 unspecified atom stereocenters. The molecule has 2 nitrogen and oxygen atoms in total. The van der Waals surface area contributed by atoms with E-state index in [0.29, 0.717) is 0 Å². The monoisotopic (exact) mass is 552 g/mol. The summed E-state index contributed by atoms with van der Waals surface area (Å²) in [6.45, 7) is 0. The van der Waals surface area contributed by atoms with E-state index < -0.39 is 5.24 Å². The average molecular weight is 552 g/mol. The van der Waals surface area contributed by atoms with E-state index in [-0.39, 0.29) is 4.92 Å². The summed E-state index contributed by atoms with van der Waals surface area (Å²) in [6, 6.07) is 0. The van der Waals surface area contributed by atoms with Gasteiger partial charge in [0.1, 0.15) is 0 Å². The van der Waals surface area contributed by atoms with Gasteiger partial charge in [-0.25, -0.2) is 0 Å². The fraction of sp³-hybridized carbons (Fsp3) is 0.250. The third-order valence-corrected chi connectivity index (χ3v) is 0.461. The zero-order valence-corrected chi connectivity index (χ0v) is 14.1. The Morgan fingerprint density at radius 2 is 1.91 bits per heavy atom. The minimum absolute atomic E-state index is 0.278. The molecule has 0 aromatic heterocycles. The summed E-state index contributed by atoms with van der Waals surface area (Å²) in [4.78, 5) is 9.52. The van der Waals surface area contributed by atoms with Gasteiger partial charge in [0.2, 0.25) is 5.24 Å². The van der Waals surface area contributed by atoms with Crippen molar-refractivity contribution in [3.63, 3.8) is 0 Å². The van der Waals surface area contributed by atoms with Gasteiger partial charge in [0, 0.05) is 6.08 Å². The molecule has 0 atom stereocenters. The molecule has 0 aromatic carbocycles. The Balaban J connectivity index is 0. The molecule has 0 saturated carbocycles. The standard InChI is InChI=1S/C4H5ClO2.3HI.V/c1-7-3-2-4(5)6;;;;/h2-3H,1H3;3*1H;/q;;;;+3/p-3/b3-2+;;;;. The fourth-order valence-corrected chi connectivity index (χ4v) is 0.173. The summed E-state index contributed by atoms with van der Waals surface area (Å²) in [5, 5.41) is -0.526.